The number of nitrogens with zero attached hydrogens (tertiary/aromatic N) is 1. The molecule has 3 aromatic rings. The van der Waals surface area contributed by atoms with Crippen molar-refractivity contribution in [2.24, 2.45) is 0 Å². The highest BCUT2D eigenvalue weighted by Crippen LogP contribution is 2.36. The van der Waals surface area contributed by atoms with Gasteiger partial charge in [-0.15, -0.1) is 0 Å². The first-order valence-corrected chi connectivity index (χ1v) is 11.2. The van der Waals surface area contributed by atoms with E-state index in [0.29, 0.717) is 17.2 Å². The van der Waals surface area contributed by atoms with E-state index >= 15 is 0 Å². The normalized spacial score (nSPS) is 14.9. The van der Waals surface area contributed by atoms with Crippen molar-refractivity contribution in [2.75, 3.05) is 18.6 Å². The van der Waals surface area contributed by atoms with E-state index in [1.54, 1.807) is 31.4 Å². The minimum Gasteiger partial charge on any atom is -0.496 e. The molecule has 2 amide bonds. The molecule has 0 spiro atoms. The third-order valence-electron chi connectivity index (χ3n) is 5.28. The number of para-hydroxylation sites is 2. The number of rotatable bonds is 6. The van der Waals surface area contributed by atoms with Gasteiger partial charge in [0.2, 0.25) is 5.91 Å². The highest BCUT2D eigenvalue weighted by molar-refractivity contribution is 9.10. The van der Waals surface area contributed by atoms with Gasteiger partial charge in [-0.05, 0) is 64.3 Å². The molecule has 33 heavy (non-hydrogen) atoms. The molecule has 4 rings (SSSR count). The van der Waals surface area contributed by atoms with Crippen molar-refractivity contribution in [3.63, 3.8) is 0 Å². The Morgan fingerprint density at radius 3 is 2.58 bits per heavy atom. The van der Waals surface area contributed by atoms with Crippen LogP contribution < -0.4 is 19.7 Å². The molecule has 0 aliphatic carbocycles. The summed E-state index contributed by atoms with van der Waals surface area (Å²) in [7, 11) is 1.59. The minimum atomic E-state index is -0.386. The molecule has 168 valence electrons. The Kier molecular flexibility index (Phi) is 6.79. The molecule has 0 fully saturated rings. The lowest BCUT2D eigenvalue weighted by molar-refractivity contribution is -0.123. The van der Waals surface area contributed by atoms with Crippen molar-refractivity contribution in [1.82, 2.24) is 5.32 Å². The Balaban J connectivity index is 1.58. The van der Waals surface area contributed by atoms with Gasteiger partial charge < -0.3 is 14.8 Å². The summed E-state index contributed by atoms with van der Waals surface area (Å²) in [5.74, 6) is 0.685. The summed E-state index contributed by atoms with van der Waals surface area (Å²) in [5, 5.41) is 2.97. The van der Waals surface area contributed by atoms with E-state index in [2.05, 4.69) is 21.2 Å². The average molecular weight is 507 g/mol. The number of anilines is 1. The predicted molar refractivity (Wildman–Crippen MR) is 131 cm³/mol. The van der Waals surface area contributed by atoms with Gasteiger partial charge in [-0.1, -0.05) is 48.5 Å². The number of methoxy groups -OCH3 is 1. The van der Waals surface area contributed by atoms with Gasteiger partial charge in [0.25, 0.3) is 5.91 Å². The van der Waals surface area contributed by atoms with Crippen molar-refractivity contribution < 1.29 is 19.1 Å². The summed E-state index contributed by atoms with van der Waals surface area (Å²) in [5.41, 5.74) is 2.30. The molecular weight excluding hydrogens is 484 g/mol. The van der Waals surface area contributed by atoms with Crippen LogP contribution in [0.3, 0.4) is 0 Å². The Morgan fingerprint density at radius 1 is 1.12 bits per heavy atom. The second kappa shape index (κ2) is 9.92. The molecule has 1 N–H and O–H groups in total. The molecule has 1 unspecified atom stereocenters. The maximum Gasteiger partial charge on any atom is 0.294 e. The van der Waals surface area contributed by atoms with E-state index in [4.69, 9.17) is 9.47 Å². The van der Waals surface area contributed by atoms with Crippen LogP contribution in [0.25, 0.3) is 6.08 Å². The van der Waals surface area contributed by atoms with Gasteiger partial charge in [-0.3, -0.25) is 14.5 Å². The molecule has 0 saturated carbocycles. The number of halogens is 1. The third-order valence-corrected chi connectivity index (χ3v) is 5.90. The Labute approximate surface area is 200 Å². The fraction of sp³-hybridized carbons (Fsp3) is 0.154. The van der Waals surface area contributed by atoms with Crippen molar-refractivity contribution in [2.45, 2.75) is 13.0 Å². The largest absolute Gasteiger partial charge is 0.496 e. The number of ether oxygens (including phenoxy) is 2. The molecule has 1 aliphatic rings. The number of carbonyl (C=O) groups excluding carboxylic acids is 2. The second-order valence-corrected chi connectivity index (χ2v) is 8.42. The minimum absolute atomic E-state index is 0.125. The fourth-order valence-electron chi connectivity index (χ4n) is 3.60. The second-order valence-electron chi connectivity index (χ2n) is 7.56. The summed E-state index contributed by atoms with van der Waals surface area (Å²) in [6.07, 6.45) is 1.65. The Morgan fingerprint density at radius 2 is 1.85 bits per heavy atom. The zero-order valence-corrected chi connectivity index (χ0v) is 19.8. The van der Waals surface area contributed by atoms with Crippen molar-refractivity contribution in [3.05, 3.63) is 94.2 Å². The summed E-state index contributed by atoms with van der Waals surface area (Å²) < 4.78 is 11.9. The van der Waals surface area contributed by atoms with Crippen LogP contribution in [0.2, 0.25) is 0 Å². The van der Waals surface area contributed by atoms with Crippen LogP contribution in [0.4, 0.5) is 5.69 Å². The lowest BCUT2D eigenvalue weighted by atomic mass is 10.1. The first-order valence-electron chi connectivity index (χ1n) is 10.4. The molecule has 6 nitrogen and oxygen atoms in total. The van der Waals surface area contributed by atoms with Crippen LogP contribution in [0.1, 0.15) is 24.1 Å². The number of benzene rings is 3. The zero-order chi connectivity index (χ0) is 23.4. The van der Waals surface area contributed by atoms with Crippen LogP contribution in [0, 0.1) is 0 Å². The highest BCUT2D eigenvalue weighted by atomic mass is 79.9. The maximum absolute atomic E-state index is 13.3. The van der Waals surface area contributed by atoms with Gasteiger partial charge in [0.15, 0.2) is 11.5 Å². The smallest absolute Gasteiger partial charge is 0.294 e. The third kappa shape index (κ3) is 5.09. The van der Waals surface area contributed by atoms with Crippen LogP contribution in [-0.2, 0) is 9.59 Å². The average Bonchev–Trinajstić information content (AvgIpc) is 2.82. The van der Waals surface area contributed by atoms with Gasteiger partial charge >= 0.3 is 0 Å². The highest BCUT2D eigenvalue weighted by Gasteiger charge is 2.31. The van der Waals surface area contributed by atoms with Gasteiger partial charge in [-0.2, -0.15) is 0 Å². The molecule has 0 aromatic heterocycles. The number of nitrogens with one attached hydrogen (secondary N) is 1. The lowest BCUT2D eigenvalue weighted by Crippen LogP contribution is -2.44. The Hall–Kier alpha value is -3.58. The van der Waals surface area contributed by atoms with Crippen molar-refractivity contribution in [1.29, 1.82) is 0 Å². The number of carbonyl (C=O) groups is 2. The molecule has 3 aromatic carbocycles. The number of hydrogen-bond acceptors (Lipinski definition) is 4. The molecule has 0 radical (unpaired) electrons. The van der Waals surface area contributed by atoms with Gasteiger partial charge in [-0.25, -0.2) is 0 Å². The SMILES string of the molecule is COc1ccc(C=C2Oc3ccccc3N(CC(=O)NC(C)c3ccccc3)C2=O)cc1Br. The molecule has 7 heteroatoms. The lowest BCUT2D eigenvalue weighted by Gasteiger charge is -2.30. The predicted octanol–water partition coefficient (Wildman–Crippen LogP) is 5.10. The molecule has 0 saturated heterocycles. The first-order chi connectivity index (χ1) is 16.0. The monoisotopic (exact) mass is 506 g/mol. The quantitative estimate of drug-likeness (QED) is 0.472. The van der Waals surface area contributed by atoms with Gasteiger partial charge in [0.1, 0.15) is 12.3 Å². The fourth-order valence-corrected chi connectivity index (χ4v) is 4.16. The summed E-state index contributed by atoms with van der Waals surface area (Å²) >= 11 is 3.46. The van der Waals surface area contributed by atoms with E-state index in [0.717, 1.165) is 15.6 Å². The van der Waals surface area contributed by atoms with E-state index in [1.807, 2.05) is 61.5 Å². The molecule has 1 atom stereocenters. The maximum atomic E-state index is 13.3. The Bertz CT molecular complexity index is 1210. The van der Waals surface area contributed by atoms with Crippen LogP contribution in [0.15, 0.2) is 83.0 Å². The van der Waals surface area contributed by atoms with Crippen molar-refractivity contribution in [3.8, 4) is 11.5 Å². The van der Waals surface area contributed by atoms with Gasteiger partial charge in [0, 0.05) is 0 Å². The first kappa shape index (κ1) is 22.6. The molecule has 1 heterocycles. The van der Waals surface area contributed by atoms with Crippen LogP contribution in [0.5, 0.6) is 11.5 Å². The molecule has 1 aliphatic heterocycles. The molecular formula is C26H23BrN2O4. The van der Waals surface area contributed by atoms with E-state index in [-0.39, 0.29) is 30.2 Å². The van der Waals surface area contributed by atoms with Crippen LogP contribution in [-0.4, -0.2) is 25.5 Å². The summed E-state index contributed by atoms with van der Waals surface area (Å²) in [6.45, 7) is 1.79. The van der Waals surface area contributed by atoms with Crippen molar-refractivity contribution >= 4 is 39.5 Å². The molecule has 0 bridgehead atoms. The number of hydrogen-bond donors (Lipinski definition) is 1. The van der Waals surface area contributed by atoms with E-state index < -0.39 is 0 Å². The number of fused-ring (bicyclic) bond motifs is 1. The van der Waals surface area contributed by atoms with Gasteiger partial charge in [0.05, 0.1) is 23.3 Å². The standard InChI is InChI=1S/C26H23BrN2O4/c1-17(19-8-4-3-5-9-19)28-25(30)16-29-21-10-6-7-11-23(21)33-24(26(29)31)15-18-12-13-22(32-2)20(27)14-18/h3-15,17H,16H2,1-2H3,(H,28,30). The summed E-state index contributed by atoms with van der Waals surface area (Å²) in [6, 6.07) is 22.1. The topological polar surface area (TPSA) is 67.9 Å². The number of amides is 2. The van der Waals surface area contributed by atoms with Crippen LogP contribution >= 0.6 is 15.9 Å². The summed E-state index contributed by atoms with van der Waals surface area (Å²) in [4.78, 5) is 27.6. The van der Waals surface area contributed by atoms with E-state index in [1.165, 1.54) is 4.90 Å². The zero-order valence-electron chi connectivity index (χ0n) is 18.2. The van der Waals surface area contributed by atoms with E-state index in [9.17, 15) is 9.59 Å².